The number of hydrogen-bond acceptors (Lipinski definition) is 5. The minimum Gasteiger partial charge on any atom is -0.497 e. The van der Waals surface area contributed by atoms with Gasteiger partial charge in [-0.15, -0.1) is 0 Å². The van der Waals surface area contributed by atoms with Crippen LogP contribution in [0.25, 0.3) is 0 Å². The van der Waals surface area contributed by atoms with Crippen LogP contribution in [-0.2, 0) is 26.1 Å². The Morgan fingerprint density at radius 3 is 2.54 bits per heavy atom. The number of rotatable bonds is 8. The second-order valence-electron chi connectivity index (χ2n) is 9.51. The molecule has 2 aromatic rings. The van der Waals surface area contributed by atoms with Gasteiger partial charge in [-0.1, -0.05) is 13.3 Å². The summed E-state index contributed by atoms with van der Waals surface area (Å²) in [4.78, 5) is 15.3. The van der Waals surface area contributed by atoms with Crippen LogP contribution in [0.2, 0.25) is 0 Å². The van der Waals surface area contributed by atoms with E-state index in [1.54, 1.807) is 37.4 Å². The average Bonchev–Trinajstić information content (AvgIpc) is 3.32. The topological polar surface area (TPSA) is 81.1 Å². The molecule has 1 amide bonds. The van der Waals surface area contributed by atoms with E-state index in [-0.39, 0.29) is 31.2 Å². The number of fused-ring (bicyclic) bond motifs is 1. The van der Waals surface area contributed by atoms with Crippen LogP contribution in [0.15, 0.2) is 35.4 Å². The highest BCUT2D eigenvalue weighted by atomic mass is 32.2. The molecule has 4 rings (SSSR count). The standard InChI is InChI=1S/C26H37N3O5S/c1-5-23-24-10-8-11-27(24)13-14-28(23)25(30)18-34-17-21-9-6-7-12-29(21)35(31,32)26-19(2)15-22(33-4)16-20(26)3/h8,10-11,15-16,21,23H,5-7,9,12-14,17-18H2,1-4H3/t21-,23?/m1/s1. The fourth-order valence-corrected chi connectivity index (χ4v) is 7.66. The molecule has 3 heterocycles. The van der Waals surface area contributed by atoms with Crippen molar-refractivity contribution < 1.29 is 22.7 Å². The summed E-state index contributed by atoms with van der Waals surface area (Å²) in [5, 5.41) is 0. The van der Waals surface area contributed by atoms with Crippen molar-refractivity contribution in [2.24, 2.45) is 0 Å². The minimum atomic E-state index is -3.71. The number of carbonyl (C=O) groups excluding carboxylic acids is 1. The van der Waals surface area contributed by atoms with Crippen LogP contribution in [0.3, 0.4) is 0 Å². The molecule has 1 aromatic heterocycles. The van der Waals surface area contributed by atoms with Crippen molar-refractivity contribution in [2.75, 3.05) is 33.4 Å². The molecule has 0 bridgehead atoms. The van der Waals surface area contributed by atoms with Crippen LogP contribution in [-0.4, -0.2) is 67.6 Å². The highest BCUT2D eigenvalue weighted by Gasteiger charge is 2.36. The maximum atomic E-state index is 13.7. The molecule has 0 N–H and O–H groups in total. The van der Waals surface area contributed by atoms with Gasteiger partial charge in [0.25, 0.3) is 0 Å². The summed E-state index contributed by atoms with van der Waals surface area (Å²) < 4.78 is 42.4. The van der Waals surface area contributed by atoms with Gasteiger partial charge in [0.15, 0.2) is 0 Å². The smallest absolute Gasteiger partial charge is 0.249 e. The normalized spacial score (nSPS) is 21.1. The molecule has 0 aliphatic carbocycles. The average molecular weight is 504 g/mol. The number of aryl methyl sites for hydroxylation is 2. The van der Waals surface area contributed by atoms with E-state index in [0.717, 1.165) is 37.9 Å². The van der Waals surface area contributed by atoms with Gasteiger partial charge in [-0.2, -0.15) is 4.31 Å². The Kier molecular flexibility index (Phi) is 7.88. The van der Waals surface area contributed by atoms with Crippen molar-refractivity contribution in [1.29, 1.82) is 0 Å². The van der Waals surface area contributed by atoms with Crippen LogP contribution in [0.5, 0.6) is 5.75 Å². The number of piperidine rings is 1. The van der Waals surface area contributed by atoms with E-state index in [1.165, 1.54) is 0 Å². The van der Waals surface area contributed by atoms with Gasteiger partial charge in [-0.25, -0.2) is 8.42 Å². The van der Waals surface area contributed by atoms with Crippen molar-refractivity contribution in [1.82, 2.24) is 13.8 Å². The lowest BCUT2D eigenvalue weighted by atomic mass is 10.1. The Balaban J connectivity index is 1.43. The maximum Gasteiger partial charge on any atom is 0.249 e. The van der Waals surface area contributed by atoms with Crippen LogP contribution >= 0.6 is 0 Å². The second-order valence-corrected chi connectivity index (χ2v) is 11.3. The Labute approximate surface area is 208 Å². The fourth-order valence-electron chi connectivity index (χ4n) is 5.57. The van der Waals surface area contributed by atoms with E-state index in [0.29, 0.717) is 34.9 Å². The lowest BCUT2D eigenvalue weighted by molar-refractivity contribution is -0.140. The monoisotopic (exact) mass is 503 g/mol. The van der Waals surface area contributed by atoms with E-state index >= 15 is 0 Å². The predicted molar refractivity (Wildman–Crippen MR) is 134 cm³/mol. The van der Waals surface area contributed by atoms with Crippen LogP contribution in [0, 0.1) is 13.8 Å². The summed E-state index contributed by atoms with van der Waals surface area (Å²) in [5.74, 6) is 0.600. The number of ether oxygens (including phenoxy) is 2. The Hall–Kier alpha value is -2.36. The number of carbonyl (C=O) groups is 1. The van der Waals surface area contributed by atoms with Crippen molar-refractivity contribution >= 4 is 15.9 Å². The molecule has 35 heavy (non-hydrogen) atoms. The predicted octanol–water partition coefficient (Wildman–Crippen LogP) is 3.67. The molecule has 2 atom stereocenters. The van der Waals surface area contributed by atoms with Gasteiger partial charge in [0.2, 0.25) is 15.9 Å². The number of amides is 1. The summed E-state index contributed by atoms with van der Waals surface area (Å²) >= 11 is 0. The summed E-state index contributed by atoms with van der Waals surface area (Å²) in [5.41, 5.74) is 2.49. The number of aromatic nitrogens is 1. The summed E-state index contributed by atoms with van der Waals surface area (Å²) in [6.45, 7) is 7.74. The molecule has 1 fully saturated rings. The number of benzene rings is 1. The molecular weight excluding hydrogens is 466 g/mol. The minimum absolute atomic E-state index is 0.0395. The molecule has 8 nitrogen and oxygen atoms in total. The lowest BCUT2D eigenvalue weighted by Crippen LogP contribution is -2.47. The molecule has 0 saturated carbocycles. The third kappa shape index (κ3) is 5.13. The third-order valence-electron chi connectivity index (χ3n) is 7.22. The highest BCUT2D eigenvalue weighted by Crippen LogP contribution is 2.32. The van der Waals surface area contributed by atoms with Gasteiger partial charge in [0.05, 0.1) is 24.7 Å². The number of methoxy groups -OCH3 is 1. The summed E-state index contributed by atoms with van der Waals surface area (Å²) in [6.07, 6.45) is 5.37. The third-order valence-corrected chi connectivity index (χ3v) is 9.47. The van der Waals surface area contributed by atoms with E-state index in [2.05, 4.69) is 23.8 Å². The fraction of sp³-hybridized carbons (Fsp3) is 0.577. The van der Waals surface area contributed by atoms with Gasteiger partial charge in [-0.05, 0) is 68.5 Å². The molecule has 1 unspecified atom stereocenters. The van der Waals surface area contributed by atoms with E-state index in [4.69, 9.17) is 9.47 Å². The van der Waals surface area contributed by atoms with Gasteiger partial charge >= 0.3 is 0 Å². The second kappa shape index (κ2) is 10.7. The number of hydrogen-bond donors (Lipinski definition) is 0. The Morgan fingerprint density at radius 2 is 1.86 bits per heavy atom. The molecule has 1 aromatic carbocycles. The molecule has 1 saturated heterocycles. The Bertz CT molecular complexity index is 1140. The molecular formula is C26H37N3O5S. The van der Waals surface area contributed by atoms with Crippen LogP contribution < -0.4 is 4.74 Å². The van der Waals surface area contributed by atoms with Gasteiger partial charge in [0.1, 0.15) is 12.4 Å². The summed E-state index contributed by atoms with van der Waals surface area (Å²) in [7, 11) is -2.13. The zero-order valence-corrected chi connectivity index (χ0v) is 22.0. The van der Waals surface area contributed by atoms with Gasteiger partial charge < -0.3 is 18.9 Å². The highest BCUT2D eigenvalue weighted by molar-refractivity contribution is 7.89. The van der Waals surface area contributed by atoms with Crippen LogP contribution in [0.1, 0.15) is 55.5 Å². The SMILES string of the molecule is CCC1c2cccn2CCN1C(=O)COC[C@H]1CCCCN1S(=O)(=O)c1c(C)cc(OC)cc1C. The first-order chi connectivity index (χ1) is 16.8. The van der Waals surface area contributed by atoms with E-state index in [1.807, 2.05) is 11.0 Å². The van der Waals surface area contributed by atoms with Gasteiger partial charge in [-0.3, -0.25) is 4.79 Å². The summed E-state index contributed by atoms with van der Waals surface area (Å²) in [6, 6.07) is 7.36. The first-order valence-corrected chi connectivity index (χ1v) is 13.9. The zero-order valence-electron chi connectivity index (χ0n) is 21.2. The van der Waals surface area contributed by atoms with Crippen molar-refractivity contribution in [2.45, 2.75) is 70.0 Å². The molecule has 2 aliphatic rings. The number of nitrogens with zero attached hydrogens (tertiary/aromatic N) is 3. The maximum absolute atomic E-state index is 13.7. The molecule has 0 spiro atoms. The van der Waals surface area contributed by atoms with E-state index in [9.17, 15) is 13.2 Å². The molecule has 0 radical (unpaired) electrons. The Morgan fingerprint density at radius 1 is 1.11 bits per heavy atom. The first-order valence-electron chi connectivity index (χ1n) is 12.5. The first kappa shape index (κ1) is 25.7. The van der Waals surface area contributed by atoms with Crippen molar-refractivity contribution in [3.05, 3.63) is 47.3 Å². The molecule has 9 heteroatoms. The number of sulfonamides is 1. The lowest BCUT2D eigenvalue weighted by Gasteiger charge is -2.37. The van der Waals surface area contributed by atoms with Crippen molar-refractivity contribution in [3.63, 3.8) is 0 Å². The largest absolute Gasteiger partial charge is 0.497 e. The van der Waals surface area contributed by atoms with E-state index < -0.39 is 10.0 Å². The zero-order chi connectivity index (χ0) is 25.2. The molecule has 192 valence electrons. The van der Waals surface area contributed by atoms with Gasteiger partial charge in [0, 0.05) is 37.6 Å². The molecule has 2 aliphatic heterocycles. The quantitative estimate of drug-likeness (QED) is 0.549. The van der Waals surface area contributed by atoms with Crippen LogP contribution in [0.4, 0.5) is 0 Å². The van der Waals surface area contributed by atoms with Crippen molar-refractivity contribution in [3.8, 4) is 5.75 Å².